The van der Waals surface area contributed by atoms with E-state index >= 15 is 0 Å². The van der Waals surface area contributed by atoms with Crippen molar-refractivity contribution in [2.45, 2.75) is 6.92 Å². The standard InChI is InChI=1S/C12H15ClN2O.ClH/c1-9-3-2-4-10(11(9)13)12(16)15-7-5-14-6-8-15;/h2-4,14H,5-8H2,1H3;1H. The normalized spacial score (nSPS) is 15.3. The molecule has 1 aliphatic heterocycles. The van der Waals surface area contributed by atoms with Gasteiger partial charge in [0, 0.05) is 26.2 Å². The van der Waals surface area contributed by atoms with E-state index in [1.54, 1.807) is 6.07 Å². The van der Waals surface area contributed by atoms with Crippen LogP contribution in [0.3, 0.4) is 0 Å². The highest BCUT2D eigenvalue weighted by Crippen LogP contribution is 2.21. The maximum atomic E-state index is 12.2. The third kappa shape index (κ3) is 3.12. The first-order valence-electron chi connectivity index (χ1n) is 5.45. The third-order valence-electron chi connectivity index (χ3n) is 2.83. The fourth-order valence-corrected chi connectivity index (χ4v) is 2.06. The number of rotatable bonds is 1. The summed E-state index contributed by atoms with van der Waals surface area (Å²) in [6.45, 7) is 5.13. The fraction of sp³-hybridized carbons (Fsp3) is 0.417. The van der Waals surface area contributed by atoms with E-state index in [-0.39, 0.29) is 18.3 Å². The quantitative estimate of drug-likeness (QED) is 0.851. The maximum absolute atomic E-state index is 12.2. The Morgan fingerprint density at radius 3 is 2.65 bits per heavy atom. The lowest BCUT2D eigenvalue weighted by Gasteiger charge is -2.27. The second kappa shape index (κ2) is 6.24. The van der Waals surface area contributed by atoms with Crippen molar-refractivity contribution < 1.29 is 4.79 Å². The topological polar surface area (TPSA) is 32.3 Å². The van der Waals surface area contributed by atoms with Crippen LogP contribution in [0.15, 0.2) is 18.2 Å². The number of piperazine rings is 1. The average Bonchev–Trinajstić information content (AvgIpc) is 2.33. The number of carbonyl (C=O) groups is 1. The van der Waals surface area contributed by atoms with Crippen molar-refractivity contribution in [1.82, 2.24) is 10.2 Å². The van der Waals surface area contributed by atoms with Gasteiger partial charge in [-0.15, -0.1) is 12.4 Å². The molecule has 0 radical (unpaired) electrons. The Morgan fingerprint density at radius 2 is 2.00 bits per heavy atom. The number of carbonyl (C=O) groups excluding carboxylic acids is 1. The molecule has 1 N–H and O–H groups in total. The number of amides is 1. The summed E-state index contributed by atoms with van der Waals surface area (Å²) in [5, 5.41) is 3.80. The number of hydrogen-bond acceptors (Lipinski definition) is 2. The van der Waals surface area contributed by atoms with Gasteiger partial charge in [-0.1, -0.05) is 23.7 Å². The van der Waals surface area contributed by atoms with E-state index in [1.807, 2.05) is 24.0 Å². The van der Waals surface area contributed by atoms with Gasteiger partial charge in [0.25, 0.3) is 5.91 Å². The van der Waals surface area contributed by atoms with Gasteiger partial charge in [0.05, 0.1) is 10.6 Å². The molecule has 1 aliphatic rings. The third-order valence-corrected chi connectivity index (χ3v) is 3.33. The Morgan fingerprint density at radius 1 is 1.35 bits per heavy atom. The largest absolute Gasteiger partial charge is 0.336 e. The second-order valence-electron chi connectivity index (χ2n) is 3.98. The summed E-state index contributed by atoms with van der Waals surface area (Å²) in [4.78, 5) is 14.0. The molecule has 0 aromatic heterocycles. The monoisotopic (exact) mass is 274 g/mol. The number of nitrogens with zero attached hydrogens (tertiary/aromatic N) is 1. The summed E-state index contributed by atoms with van der Waals surface area (Å²) in [5.41, 5.74) is 1.56. The Balaban J connectivity index is 0.00000144. The second-order valence-corrected chi connectivity index (χ2v) is 4.36. The first kappa shape index (κ1) is 14.3. The van der Waals surface area contributed by atoms with Gasteiger partial charge in [-0.3, -0.25) is 4.79 Å². The van der Waals surface area contributed by atoms with Gasteiger partial charge in [-0.05, 0) is 18.6 Å². The van der Waals surface area contributed by atoms with Crippen LogP contribution in [0.25, 0.3) is 0 Å². The smallest absolute Gasteiger partial charge is 0.255 e. The van der Waals surface area contributed by atoms with Crippen LogP contribution in [-0.2, 0) is 0 Å². The molecular weight excluding hydrogens is 259 g/mol. The van der Waals surface area contributed by atoms with Crippen molar-refractivity contribution in [1.29, 1.82) is 0 Å². The zero-order valence-electron chi connectivity index (χ0n) is 9.70. The van der Waals surface area contributed by atoms with Gasteiger partial charge in [0.15, 0.2) is 0 Å². The molecule has 1 saturated heterocycles. The molecule has 3 nitrogen and oxygen atoms in total. The van der Waals surface area contributed by atoms with Crippen LogP contribution in [0.2, 0.25) is 5.02 Å². The van der Waals surface area contributed by atoms with E-state index in [2.05, 4.69) is 5.32 Å². The van der Waals surface area contributed by atoms with E-state index < -0.39 is 0 Å². The molecule has 1 fully saturated rings. The molecule has 0 saturated carbocycles. The number of halogens is 2. The molecule has 1 aromatic rings. The summed E-state index contributed by atoms with van der Waals surface area (Å²) >= 11 is 6.14. The summed E-state index contributed by atoms with van der Waals surface area (Å²) in [7, 11) is 0. The molecule has 94 valence electrons. The van der Waals surface area contributed by atoms with Crippen molar-refractivity contribution in [2.75, 3.05) is 26.2 Å². The van der Waals surface area contributed by atoms with Crippen molar-refractivity contribution in [3.8, 4) is 0 Å². The zero-order valence-corrected chi connectivity index (χ0v) is 11.3. The van der Waals surface area contributed by atoms with Gasteiger partial charge < -0.3 is 10.2 Å². The van der Waals surface area contributed by atoms with Crippen LogP contribution >= 0.6 is 24.0 Å². The minimum absolute atomic E-state index is 0. The molecule has 0 atom stereocenters. The maximum Gasteiger partial charge on any atom is 0.255 e. The molecule has 5 heteroatoms. The molecule has 17 heavy (non-hydrogen) atoms. The van der Waals surface area contributed by atoms with Crippen molar-refractivity contribution in [2.24, 2.45) is 0 Å². The molecule has 1 aromatic carbocycles. The molecule has 0 unspecified atom stereocenters. The lowest BCUT2D eigenvalue weighted by molar-refractivity contribution is 0.0736. The highest BCUT2D eigenvalue weighted by atomic mass is 35.5. The number of aryl methyl sites for hydroxylation is 1. The van der Waals surface area contributed by atoms with E-state index in [1.165, 1.54) is 0 Å². The van der Waals surface area contributed by atoms with Gasteiger partial charge in [0.2, 0.25) is 0 Å². The summed E-state index contributed by atoms with van der Waals surface area (Å²) < 4.78 is 0. The highest BCUT2D eigenvalue weighted by molar-refractivity contribution is 6.34. The van der Waals surface area contributed by atoms with Crippen LogP contribution in [-0.4, -0.2) is 37.0 Å². The fourth-order valence-electron chi connectivity index (χ4n) is 1.85. The first-order valence-corrected chi connectivity index (χ1v) is 5.83. The van der Waals surface area contributed by atoms with E-state index in [4.69, 9.17) is 11.6 Å². The molecule has 0 spiro atoms. The Bertz CT molecular complexity index is 403. The van der Waals surface area contributed by atoms with Gasteiger partial charge in [-0.2, -0.15) is 0 Å². The van der Waals surface area contributed by atoms with Crippen LogP contribution in [0, 0.1) is 6.92 Å². The first-order chi connectivity index (χ1) is 7.70. The molecule has 1 heterocycles. The lowest BCUT2D eigenvalue weighted by Crippen LogP contribution is -2.46. The molecule has 1 amide bonds. The SMILES string of the molecule is Cc1cccc(C(=O)N2CCNCC2)c1Cl.Cl. The highest BCUT2D eigenvalue weighted by Gasteiger charge is 2.20. The van der Waals surface area contributed by atoms with Crippen molar-refractivity contribution >= 4 is 29.9 Å². The molecule has 0 bridgehead atoms. The van der Waals surface area contributed by atoms with Crippen molar-refractivity contribution in [3.05, 3.63) is 34.3 Å². The molecular formula is C12H16Cl2N2O. The Kier molecular flexibility index (Phi) is 5.25. The van der Waals surface area contributed by atoms with Gasteiger partial charge >= 0.3 is 0 Å². The van der Waals surface area contributed by atoms with Crippen molar-refractivity contribution in [3.63, 3.8) is 0 Å². The van der Waals surface area contributed by atoms with Crippen LogP contribution in [0.4, 0.5) is 0 Å². The van der Waals surface area contributed by atoms with Crippen LogP contribution < -0.4 is 5.32 Å². The number of nitrogens with one attached hydrogen (secondary N) is 1. The summed E-state index contributed by atoms with van der Waals surface area (Å²) in [6.07, 6.45) is 0. The Labute approximate surface area is 113 Å². The number of hydrogen-bond donors (Lipinski definition) is 1. The summed E-state index contributed by atoms with van der Waals surface area (Å²) in [5.74, 6) is 0.0372. The molecule has 2 rings (SSSR count). The van der Waals surface area contributed by atoms with Crippen LogP contribution in [0.1, 0.15) is 15.9 Å². The minimum Gasteiger partial charge on any atom is -0.336 e. The number of benzene rings is 1. The molecule has 0 aliphatic carbocycles. The van der Waals surface area contributed by atoms with Crippen LogP contribution in [0.5, 0.6) is 0 Å². The average molecular weight is 275 g/mol. The minimum atomic E-state index is 0. The predicted molar refractivity (Wildman–Crippen MR) is 72.2 cm³/mol. The Hall–Kier alpha value is -0.770. The predicted octanol–water partition coefficient (Wildman–Crippen LogP) is 2.12. The summed E-state index contributed by atoms with van der Waals surface area (Å²) in [6, 6.07) is 5.58. The van der Waals surface area contributed by atoms with E-state index in [0.29, 0.717) is 10.6 Å². The van der Waals surface area contributed by atoms with Gasteiger partial charge in [-0.25, -0.2) is 0 Å². The lowest BCUT2D eigenvalue weighted by atomic mass is 10.1. The van der Waals surface area contributed by atoms with E-state index in [9.17, 15) is 4.79 Å². The van der Waals surface area contributed by atoms with Gasteiger partial charge in [0.1, 0.15) is 0 Å². The van der Waals surface area contributed by atoms with E-state index in [0.717, 1.165) is 31.7 Å². The zero-order chi connectivity index (χ0) is 11.5.